The fourth-order valence-corrected chi connectivity index (χ4v) is 2.82. The zero-order chi connectivity index (χ0) is 18.5. The molecule has 3 rings (SSSR count). The van der Waals surface area contributed by atoms with E-state index in [9.17, 15) is 9.59 Å². The van der Waals surface area contributed by atoms with Gasteiger partial charge in [0.2, 0.25) is 0 Å². The molecule has 2 amide bonds. The van der Waals surface area contributed by atoms with Crippen molar-refractivity contribution in [1.29, 1.82) is 0 Å². The molecule has 1 saturated heterocycles. The fraction of sp³-hybridized carbons (Fsp3) is 0.263. The summed E-state index contributed by atoms with van der Waals surface area (Å²) < 4.78 is 15.8. The third-order valence-electron chi connectivity index (χ3n) is 4.09. The first kappa shape index (κ1) is 17.6. The summed E-state index contributed by atoms with van der Waals surface area (Å²) in [5.41, 5.74) is 1.07. The topological polar surface area (TPSA) is 77.1 Å². The third-order valence-corrected chi connectivity index (χ3v) is 4.09. The predicted molar refractivity (Wildman–Crippen MR) is 95.9 cm³/mol. The largest absolute Gasteiger partial charge is 0.496 e. The molecule has 1 N–H and O–H groups in total. The van der Waals surface area contributed by atoms with Gasteiger partial charge < -0.3 is 19.5 Å². The fourth-order valence-electron chi connectivity index (χ4n) is 2.82. The van der Waals surface area contributed by atoms with E-state index in [-0.39, 0.29) is 12.5 Å². The molecule has 136 valence electrons. The summed E-state index contributed by atoms with van der Waals surface area (Å²) in [5, 5.41) is 2.78. The normalized spacial score (nSPS) is 16.2. The van der Waals surface area contributed by atoms with Gasteiger partial charge in [0.05, 0.1) is 27.3 Å². The predicted octanol–water partition coefficient (Wildman–Crippen LogP) is 2.46. The second-order valence-corrected chi connectivity index (χ2v) is 5.70. The number of methoxy groups -OCH3 is 2. The molecule has 0 bridgehead atoms. The van der Waals surface area contributed by atoms with Gasteiger partial charge in [0.25, 0.3) is 5.91 Å². The number of hydrogen-bond acceptors (Lipinski definition) is 5. The molecule has 1 aliphatic heterocycles. The van der Waals surface area contributed by atoms with Crippen LogP contribution in [0, 0.1) is 0 Å². The Labute approximate surface area is 151 Å². The van der Waals surface area contributed by atoms with Crippen molar-refractivity contribution < 1.29 is 23.8 Å². The number of cyclic esters (lactones) is 1. The lowest BCUT2D eigenvalue weighted by atomic mass is 10.1. The van der Waals surface area contributed by atoms with E-state index < -0.39 is 12.2 Å². The maximum Gasteiger partial charge on any atom is 0.414 e. The van der Waals surface area contributed by atoms with Crippen molar-refractivity contribution in [3.63, 3.8) is 0 Å². The molecule has 1 unspecified atom stereocenters. The lowest BCUT2D eigenvalue weighted by Gasteiger charge is -2.15. The molecular weight excluding hydrogens is 336 g/mol. The quantitative estimate of drug-likeness (QED) is 0.860. The highest BCUT2D eigenvalue weighted by atomic mass is 16.6. The van der Waals surface area contributed by atoms with Gasteiger partial charge in [-0.25, -0.2) is 4.79 Å². The van der Waals surface area contributed by atoms with Crippen molar-refractivity contribution in [2.24, 2.45) is 0 Å². The highest BCUT2D eigenvalue weighted by Crippen LogP contribution is 2.28. The van der Waals surface area contributed by atoms with Crippen molar-refractivity contribution in [1.82, 2.24) is 5.32 Å². The van der Waals surface area contributed by atoms with Gasteiger partial charge in [0, 0.05) is 5.69 Å². The van der Waals surface area contributed by atoms with Gasteiger partial charge in [0.15, 0.2) is 0 Å². The minimum atomic E-state index is -0.438. The maximum absolute atomic E-state index is 12.6. The van der Waals surface area contributed by atoms with E-state index in [0.717, 1.165) is 5.69 Å². The van der Waals surface area contributed by atoms with Gasteiger partial charge >= 0.3 is 6.09 Å². The molecule has 1 heterocycles. The molecule has 7 heteroatoms. The third kappa shape index (κ3) is 3.56. The molecule has 0 radical (unpaired) electrons. The summed E-state index contributed by atoms with van der Waals surface area (Å²) in [6.45, 7) is 0.557. The highest BCUT2D eigenvalue weighted by molar-refractivity contribution is 5.99. The molecule has 2 aromatic carbocycles. The van der Waals surface area contributed by atoms with Crippen LogP contribution in [0.2, 0.25) is 0 Å². The summed E-state index contributed by atoms with van der Waals surface area (Å²) >= 11 is 0. The van der Waals surface area contributed by atoms with Crippen LogP contribution in [0.3, 0.4) is 0 Å². The van der Waals surface area contributed by atoms with Crippen molar-refractivity contribution in [2.45, 2.75) is 6.10 Å². The number of rotatable bonds is 6. The number of amides is 2. The first-order valence-electron chi connectivity index (χ1n) is 8.16. The van der Waals surface area contributed by atoms with Crippen LogP contribution in [0.4, 0.5) is 10.5 Å². The smallest absolute Gasteiger partial charge is 0.414 e. The molecular formula is C19H20N2O5. The number of ether oxygens (including phenoxy) is 3. The van der Waals surface area contributed by atoms with E-state index in [1.165, 1.54) is 14.2 Å². The van der Waals surface area contributed by atoms with E-state index in [1.54, 1.807) is 23.1 Å². The molecule has 7 nitrogen and oxygen atoms in total. The Morgan fingerprint density at radius 2 is 1.77 bits per heavy atom. The second kappa shape index (κ2) is 7.77. The maximum atomic E-state index is 12.6. The van der Waals surface area contributed by atoms with Crippen LogP contribution < -0.4 is 19.7 Å². The molecule has 0 saturated carbocycles. The molecule has 0 aliphatic carbocycles. The van der Waals surface area contributed by atoms with E-state index in [1.807, 2.05) is 30.3 Å². The van der Waals surface area contributed by atoms with Crippen LogP contribution >= 0.6 is 0 Å². The number of anilines is 1. The lowest BCUT2D eigenvalue weighted by molar-refractivity contribution is 0.0910. The van der Waals surface area contributed by atoms with Crippen molar-refractivity contribution in [2.75, 3.05) is 32.2 Å². The van der Waals surface area contributed by atoms with Crippen LogP contribution in [0.25, 0.3) is 0 Å². The molecule has 0 aromatic heterocycles. The summed E-state index contributed by atoms with van der Waals surface area (Å²) in [6, 6.07) is 14.4. The Morgan fingerprint density at radius 1 is 1.12 bits per heavy atom. The zero-order valence-corrected chi connectivity index (χ0v) is 14.6. The van der Waals surface area contributed by atoms with Gasteiger partial charge in [0.1, 0.15) is 23.2 Å². The van der Waals surface area contributed by atoms with Crippen molar-refractivity contribution in [3.05, 3.63) is 54.1 Å². The number of carbonyl (C=O) groups excluding carboxylic acids is 2. The van der Waals surface area contributed by atoms with Gasteiger partial charge in [-0.15, -0.1) is 0 Å². The highest BCUT2D eigenvalue weighted by Gasteiger charge is 2.32. The van der Waals surface area contributed by atoms with Crippen LogP contribution in [0.5, 0.6) is 11.5 Å². The van der Waals surface area contributed by atoms with E-state index in [0.29, 0.717) is 23.6 Å². The molecule has 0 spiro atoms. The monoisotopic (exact) mass is 356 g/mol. The molecule has 1 atom stereocenters. The van der Waals surface area contributed by atoms with Gasteiger partial charge in [-0.1, -0.05) is 24.3 Å². The molecule has 1 aliphatic rings. The van der Waals surface area contributed by atoms with E-state index in [2.05, 4.69) is 5.32 Å². The minimum absolute atomic E-state index is 0.190. The summed E-state index contributed by atoms with van der Waals surface area (Å²) in [4.78, 5) is 26.2. The number of nitrogens with zero attached hydrogens (tertiary/aromatic N) is 1. The Hall–Kier alpha value is -3.22. The Balaban J connectivity index is 1.65. The molecule has 2 aromatic rings. The first-order chi connectivity index (χ1) is 12.6. The first-order valence-corrected chi connectivity index (χ1v) is 8.16. The summed E-state index contributed by atoms with van der Waals surface area (Å²) in [5.74, 6) is 0.473. The lowest BCUT2D eigenvalue weighted by Crippen LogP contribution is -2.35. The number of hydrogen-bond donors (Lipinski definition) is 1. The zero-order valence-electron chi connectivity index (χ0n) is 14.6. The Kier molecular flexibility index (Phi) is 5.26. The number of nitrogens with one attached hydrogen (secondary N) is 1. The number of carbonyl (C=O) groups is 2. The van der Waals surface area contributed by atoms with Gasteiger partial charge in [-0.2, -0.15) is 0 Å². The van der Waals surface area contributed by atoms with Crippen LogP contribution in [-0.4, -0.2) is 45.4 Å². The Morgan fingerprint density at radius 3 is 2.38 bits per heavy atom. The van der Waals surface area contributed by atoms with Crippen molar-refractivity contribution >= 4 is 17.7 Å². The number of benzene rings is 2. The average molecular weight is 356 g/mol. The standard InChI is InChI=1S/C19H20N2O5/c1-24-15-9-6-10-16(25-2)17(15)18(22)20-11-14-12-21(19(23)26-14)13-7-4-3-5-8-13/h3-10,14H,11-12H2,1-2H3,(H,20,22). The molecule has 26 heavy (non-hydrogen) atoms. The average Bonchev–Trinajstić information content (AvgIpc) is 3.06. The SMILES string of the molecule is COc1cccc(OC)c1C(=O)NCC1CN(c2ccccc2)C(=O)O1. The number of para-hydroxylation sites is 1. The second-order valence-electron chi connectivity index (χ2n) is 5.70. The molecule has 1 fully saturated rings. The Bertz CT molecular complexity index is 772. The van der Waals surface area contributed by atoms with E-state index in [4.69, 9.17) is 14.2 Å². The van der Waals surface area contributed by atoms with E-state index >= 15 is 0 Å². The van der Waals surface area contributed by atoms with Gasteiger partial charge in [-0.3, -0.25) is 9.69 Å². The van der Waals surface area contributed by atoms with Crippen molar-refractivity contribution in [3.8, 4) is 11.5 Å². The van der Waals surface area contributed by atoms with Crippen LogP contribution in [-0.2, 0) is 4.74 Å². The minimum Gasteiger partial charge on any atom is -0.496 e. The van der Waals surface area contributed by atoms with Crippen LogP contribution in [0.1, 0.15) is 10.4 Å². The van der Waals surface area contributed by atoms with Crippen LogP contribution in [0.15, 0.2) is 48.5 Å². The van der Waals surface area contributed by atoms with Gasteiger partial charge in [-0.05, 0) is 24.3 Å². The summed E-state index contributed by atoms with van der Waals surface area (Å²) in [7, 11) is 2.98. The summed E-state index contributed by atoms with van der Waals surface area (Å²) in [6.07, 6.45) is -0.863.